The van der Waals surface area contributed by atoms with Crippen molar-refractivity contribution in [2.45, 2.75) is 12.1 Å². The predicted octanol–water partition coefficient (Wildman–Crippen LogP) is 4.45. The quantitative estimate of drug-likeness (QED) is 0.666. The Hall–Kier alpha value is -1.51. The zero-order valence-corrected chi connectivity index (χ0v) is 8.72. The zero-order chi connectivity index (χ0) is 12.3. The van der Waals surface area contributed by atoms with E-state index in [0.717, 1.165) is 0 Å². The van der Waals surface area contributed by atoms with Crippen molar-refractivity contribution >= 4 is 6.08 Å². The lowest BCUT2D eigenvalue weighted by molar-refractivity contribution is -0.138. The highest BCUT2D eigenvalue weighted by molar-refractivity contribution is 5.56. The monoisotopic (exact) mass is 225 g/mol. The van der Waals surface area contributed by atoms with Crippen LogP contribution in [-0.4, -0.2) is 0 Å². The standard InChI is InChI=1S/C13H12F3/c1-4-9(3)11-8-6-7-10(5-2)12(11)13(14,15)16/h4-9H,1-3H2. The minimum Gasteiger partial charge on any atom is -0.166 e. The van der Waals surface area contributed by atoms with Gasteiger partial charge in [-0.15, -0.1) is 6.58 Å². The molecular formula is C13H12F3. The third-order valence-corrected chi connectivity index (χ3v) is 2.32. The van der Waals surface area contributed by atoms with Gasteiger partial charge < -0.3 is 0 Å². The Labute approximate surface area is 93.1 Å². The van der Waals surface area contributed by atoms with Gasteiger partial charge in [0.2, 0.25) is 0 Å². The topological polar surface area (TPSA) is 0 Å². The summed E-state index contributed by atoms with van der Waals surface area (Å²) in [6.45, 7) is 10.5. The van der Waals surface area contributed by atoms with Crippen LogP contribution in [0.3, 0.4) is 0 Å². The SMILES string of the molecule is [CH2]C(C=C)c1cccc(C=C)c1C(F)(F)F. The molecule has 0 saturated heterocycles. The van der Waals surface area contributed by atoms with Crippen molar-refractivity contribution in [1.82, 2.24) is 0 Å². The third kappa shape index (κ3) is 2.35. The molecule has 1 aromatic rings. The molecule has 0 saturated carbocycles. The highest BCUT2D eigenvalue weighted by Gasteiger charge is 2.35. The van der Waals surface area contributed by atoms with Crippen LogP contribution in [-0.2, 0) is 6.18 Å². The molecule has 0 aliphatic carbocycles. The lowest BCUT2D eigenvalue weighted by Crippen LogP contribution is -2.12. The summed E-state index contributed by atoms with van der Waals surface area (Å²) >= 11 is 0. The van der Waals surface area contributed by atoms with Gasteiger partial charge in [0.25, 0.3) is 0 Å². The van der Waals surface area contributed by atoms with Crippen LogP contribution < -0.4 is 0 Å². The van der Waals surface area contributed by atoms with Crippen molar-refractivity contribution in [2.75, 3.05) is 0 Å². The summed E-state index contributed by atoms with van der Waals surface area (Å²) in [5.41, 5.74) is -0.481. The van der Waals surface area contributed by atoms with E-state index >= 15 is 0 Å². The summed E-state index contributed by atoms with van der Waals surface area (Å²) in [4.78, 5) is 0. The minimum atomic E-state index is -4.40. The van der Waals surface area contributed by atoms with Crippen LogP contribution in [0.25, 0.3) is 6.08 Å². The van der Waals surface area contributed by atoms with Gasteiger partial charge in [-0.05, 0) is 18.1 Å². The van der Waals surface area contributed by atoms with Gasteiger partial charge in [-0.25, -0.2) is 0 Å². The van der Waals surface area contributed by atoms with E-state index in [4.69, 9.17) is 0 Å². The van der Waals surface area contributed by atoms with E-state index in [2.05, 4.69) is 20.1 Å². The van der Waals surface area contributed by atoms with Gasteiger partial charge in [0.05, 0.1) is 5.56 Å². The normalized spacial score (nSPS) is 13.2. The fourth-order valence-corrected chi connectivity index (χ4v) is 1.52. The number of benzene rings is 1. The molecule has 0 aliphatic heterocycles. The number of hydrogen-bond acceptors (Lipinski definition) is 0. The molecule has 0 nitrogen and oxygen atoms in total. The second-order valence-electron chi connectivity index (χ2n) is 3.36. The second-order valence-corrected chi connectivity index (χ2v) is 3.36. The Bertz CT molecular complexity index is 402. The molecule has 1 radical (unpaired) electrons. The average molecular weight is 225 g/mol. The first-order valence-corrected chi connectivity index (χ1v) is 4.70. The minimum absolute atomic E-state index is 0.0699. The van der Waals surface area contributed by atoms with Gasteiger partial charge in [-0.2, -0.15) is 13.2 Å². The highest BCUT2D eigenvalue weighted by atomic mass is 19.4. The van der Waals surface area contributed by atoms with E-state index in [1.807, 2.05) is 0 Å². The largest absolute Gasteiger partial charge is 0.417 e. The van der Waals surface area contributed by atoms with E-state index in [0.29, 0.717) is 0 Å². The number of rotatable bonds is 3. The molecule has 0 amide bonds. The molecular weight excluding hydrogens is 213 g/mol. The van der Waals surface area contributed by atoms with Crippen molar-refractivity contribution in [1.29, 1.82) is 0 Å². The summed E-state index contributed by atoms with van der Waals surface area (Å²) in [5, 5.41) is 0. The van der Waals surface area contributed by atoms with Gasteiger partial charge >= 0.3 is 6.18 Å². The lowest BCUT2D eigenvalue weighted by atomic mass is 9.92. The molecule has 0 N–H and O–H groups in total. The molecule has 0 bridgehead atoms. The Balaban J connectivity index is 3.49. The first-order chi connectivity index (χ1) is 7.41. The second kappa shape index (κ2) is 4.56. The Morgan fingerprint density at radius 2 is 1.81 bits per heavy atom. The van der Waals surface area contributed by atoms with E-state index in [9.17, 15) is 13.2 Å². The van der Waals surface area contributed by atoms with Crippen LogP contribution in [0.15, 0.2) is 37.4 Å². The van der Waals surface area contributed by atoms with Crippen LogP contribution in [0.4, 0.5) is 13.2 Å². The Kier molecular flexibility index (Phi) is 3.58. The molecule has 3 heteroatoms. The van der Waals surface area contributed by atoms with Gasteiger partial charge in [0, 0.05) is 5.92 Å². The summed E-state index contributed by atoms with van der Waals surface area (Å²) in [7, 11) is 0. The van der Waals surface area contributed by atoms with Crippen LogP contribution in [0, 0.1) is 6.92 Å². The molecule has 1 atom stereocenters. The van der Waals surface area contributed by atoms with E-state index in [-0.39, 0.29) is 11.1 Å². The van der Waals surface area contributed by atoms with Crippen molar-refractivity contribution in [2.24, 2.45) is 0 Å². The maximum atomic E-state index is 12.9. The number of hydrogen-bond donors (Lipinski definition) is 0. The fourth-order valence-electron chi connectivity index (χ4n) is 1.52. The van der Waals surface area contributed by atoms with Gasteiger partial charge in [0.15, 0.2) is 0 Å². The van der Waals surface area contributed by atoms with Crippen LogP contribution in [0.5, 0.6) is 0 Å². The van der Waals surface area contributed by atoms with Gasteiger partial charge in [-0.1, -0.05) is 36.9 Å². The first-order valence-electron chi connectivity index (χ1n) is 4.70. The number of alkyl halides is 3. The Morgan fingerprint density at radius 1 is 1.19 bits per heavy atom. The summed E-state index contributed by atoms with van der Waals surface area (Å²) in [6.07, 6.45) is -1.82. The molecule has 0 heterocycles. The number of allylic oxidation sites excluding steroid dienone is 1. The third-order valence-electron chi connectivity index (χ3n) is 2.32. The van der Waals surface area contributed by atoms with Crippen LogP contribution >= 0.6 is 0 Å². The van der Waals surface area contributed by atoms with Crippen LogP contribution in [0.2, 0.25) is 0 Å². The van der Waals surface area contributed by atoms with Crippen molar-refractivity contribution < 1.29 is 13.2 Å². The molecule has 1 aromatic carbocycles. The molecule has 85 valence electrons. The van der Waals surface area contributed by atoms with Crippen molar-refractivity contribution in [3.63, 3.8) is 0 Å². The first kappa shape index (κ1) is 12.6. The predicted molar refractivity (Wildman–Crippen MR) is 59.8 cm³/mol. The van der Waals surface area contributed by atoms with Crippen molar-refractivity contribution in [3.05, 3.63) is 61.0 Å². The Morgan fingerprint density at radius 3 is 2.25 bits per heavy atom. The summed E-state index contributed by atoms with van der Waals surface area (Å²) in [5.74, 6) is -0.587. The molecule has 0 fully saturated rings. The van der Waals surface area contributed by atoms with E-state index < -0.39 is 17.7 Å². The maximum absolute atomic E-state index is 12.9. The number of halogens is 3. The smallest absolute Gasteiger partial charge is 0.166 e. The highest BCUT2D eigenvalue weighted by Crippen LogP contribution is 2.38. The molecule has 1 rings (SSSR count). The molecule has 1 unspecified atom stereocenters. The van der Waals surface area contributed by atoms with Crippen LogP contribution in [0.1, 0.15) is 22.6 Å². The molecule has 16 heavy (non-hydrogen) atoms. The molecule has 0 aromatic heterocycles. The van der Waals surface area contributed by atoms with E-state index in [1.54, 1.807) is 6.07 Å². The average Bonchev–Trinajstić information content (AvgIpc) is 2.25. The molecule has 0 spiro atoms. The zero-order valence-electron chi connectivity index (χ0n) is 8.72. The van der Waals surface area contributed by atoms with Gasteiger partial charge in [0.1, 0.15) is 0 Å². The van der Waals surface area contributed by atoms with Crippen molar-refractivity contribution in [3.8, 4) is 0 Å². The summed E-state index contributed by atoms with van der Waals surface area (Å²) in [6, 6.07) is 4.35. The maximum Gasteiger partial charge on any atom is 0.417 e. The fraction of sp³-hybridized carbons (Fsp3) is 0.154. The van der Waals surface area contributed by atoms with E-state index in [1.165, 1.54) is 24.3 Å². The summed E-state index contributed by atoms with van der Waals surface area (Å²) < 4.78 is 38.6. The lowest BCUT2D eigenvalue weighted by Gasteiger charge is -2.18. The van der Waals surface area contributed by atoms with Gasteiger partial charge in [-0.3, -0.25) is 0 Å². The molecule has 0 aliphatic rings.